The minimum absolute atomic E-state index is 0.404. The van der Waals surface area contributed by atoms with Crippen molar-refractivity contribution in [3.05, 3.63) is 23.7 Å². The van der Waals surface area contributed by atoms with E-state index in [1.54, 1.807) is 31.2 Å². The topological polar surface area (TPSA) is 78.3 Å². The molecule has 21 heavy (non-hydrogen) atoms. The molecule has 4 N–H and O–H groups in total. The summed E-state index contributed by atoms with van der Waals surface area (Å²) in [6.07, 6.45) is 3.40. The second-order valence-electron chi connectivity index (χ2n) is 4.02. The van der Waals surface area contributed by atoms with Crippen molar-refractivity contribution in [2.75, 3.05) is 14.1 Å². The molecule has 7 nitrogen and oxygen atoms in total. The summed E-state index contributed by atoms with van der Waals surface area (Å²) in [6.45, 7) is 1.90. The molecule has 1 rings (SSSR count). The summed E-state index contributed by atoms with van der Waals surface area (Å²) in [5.74, 6) is 0. The van der Waals surface area contributed by atoms with Gasteiger partial charge in [-0.1, -0.05) is 0 Å². The highest BCUT2D eigenvalue weighted by molar-refractivity contribution is 7.80. The van der Waals surface area contributed by atoms with Crippen LogP contribution in [0, 0.1) is 0 Å². The number of aliphatic imine (C=N–C) groups is 1. The van der Waals surface area contributed by atoms with Gasteiger partial charge >= 0.3 is 0 Å². The Balaban J connectivity index is 3.06. The molecule has 0 fully saturated rings. The molecule has 1 aromatic rings. The molecule has 0 unspecified atom stereocenters. The standard InChI is InChI=1S/C12H19N7S2/c1-8(17-18-12(21)14-3)9(7-15-11(20)13-2)10-5-6-16-19(10)4/h5-7,17H,1-4H3,(H,13,20)(H2,14,18,21). The third-order valence-corrected chi connectivity index (χ3v) is 3.23. The van der Waals surface area contributed by atoms with Crippen LogP contribution in [0.5, 0.6) is 0 Å². The van der Waals surface area contributed by atoms with Crippen molar-refractivity contribution in [3.8, 4) is 0 Å². The average Bonchev–Trinajstić information content (AvgIpc) is 2.90. The van der Waals surface area contributed by atoms with Crippen molar-refractivity contribution in [1.82, 2.24) is 31.3 Å². The lowest BCUT2D eigenvalue weighted by Crippen LogP contribution is -2.41. The molecule has 1 aromatic heterocycles. The lowest BCUT2D eigenvalue weighted by molar-refractivity contribution is 0.742. The highest BCUT2D eigenvalue weighted by Gasteiger charge is 2.08. The van der Waals surface area contributed by atoms with E-state index in [1.807, 2.05) is 20.0 Å². The molecular weight excluding hydrogens is 306 g/mol. The maximum Gasteiger partial charge on any atom is 0.192 e. The number of nitrogens with one attached hydrogen (secondary N) is 4. The zero-order chi connectivity index (χ0) is 15.8. The van der Waals surface area contributed by atoms with Crippen molar-refractivity contribution in [2.24, 2.45) is 12.0 Å². The van der Waals surface area contributed by atoms with Gasteiger partial charge in [0.2, 0.25) is 0 Å². The van der Waals surface area contributed by atoms with Gasteiger partial charge in [-0.15, -0.1) is 0 Å². The maximum absolute atomic E-state index is 5.03. The smallest absolute Gasteiger partial charge is 0.192 e. The van der Waals surface area contributed by atoms with E-state index in [0.29, 0.717) is 10.2 Å². The second-order valence-corrected chi connectivity index (χ2v) is 4.82. The lowest BCUT2D eigenvalue weighted by Gasteiger charge is -2.13. The number of hydrazine groups is 1. The largest absolute Gasteiger partial charge is 0.364 e. The molecule has 0 saturated heterocycles. The highest BCUT2D eigenvalue weighted by atomic mass is 32.1. The molecular formula is C12H19N7S2. The van der Waals surface area contributed by atoms with E-state index in [4.69, 9.17) is 24.4 Å². The fourth-order valence-electron chi connectivity index (χ4n) is 1.46. The minimum Gasteiger partial charge on any atom is -0.364 e. The van der Waals surface area contributed by atoms with Crippen LogP contribution in [-0.4, -0.2) is 40.3 Å². The number of nitrogens with zero attached hydrogens (tertiary/aromatic N) is 3. The molecule has 0 bridgehead atoms. The van der Waals surface area contributed by atoms with E-state index >= 15 is 0 Å². The SMILES string of the molecule is CNC(=S)N=CC(=C(C)NNC(=S)NC)c1ccnn1C. The van der Waals surface area contributed by atoms with E-state index in [1.165, 1.54) is 0 Å². The summed E-state index contributed by atoms with van der Waals surface area (Å²) in [6, 6.07) is 1.89. The van der Waals surface area contributed by atoms with Gasteiger partial charge in [0.25, 0.3) is 0 Å². The normalized spacial score (nSPS) is 11.8. The number of hydrogen-bond acceptors (Lipinski definition) is 4. The van der Waals surface area contributed by atoms with Gasteiger partial charge in [-0.05, 0) is 37.4 Å². The third kappa shape index (κ3) is 5.12. The average molecular weight is 325 g/mol. The first-order valence-electron chi connectivity index (χ1n) is 6.18. The molecule has 1 heterocycles. The Bertz CT molecular complexity index is 574. The molecule has 0 saturated carbocycles. The predicted molar refractivity (Wildman–Crippen MR) is 93.9 cm³/mol. The Morgan fingerprint density at radius 1 is 1.29 bits per heavy atom. The molecule has 9 heteroatoms. The fourth-order valence-corrected chi connectivity index (χ4v) is 1.56. The number of allylic oxidation sites excluding steroid dienone is 2. The third-order valence-electron chi connectivity index (χ3n) is 2.62. The van der Waals surface area contributed by atoms with Crippen molar-refractivity contribution >= 4 is 46.4 Å². The summed E-state index contributed by atoms with van der Waals surface area (Å²) in [5, 5.41) is 10.7. The fraction of sp³-hybridized carbons (Fsp3) is 0.333. The van der Waals surface area contributed by atoms with E-state index in [9.17, 15) is 0 Å². The van der Waals surface area contributed by atoms with Crippen LogP contribution in [0.15, 0.2) is 23.0 Å². The Morgan fingerprint density at radius 3 is 2.52 bits per heavy atom. The van der Waals surface area contributed by atoms with E-state index in [0.717, 1.165) is 17.0 Å². The summed E-state index contributed by atoms with van der Waals surface area (Å²) >= 11 is 10.0. The van der Waals surface area contributed by atoms with Crippen LogP contribution in [0.3, 0.4) is 0 Å². The highest BCUT2D eigenvalue weighted by Crippen LogP contribution is 2.14. The van der Waals surface area contributed by atoms with Crippen LogP contribution in [0.2, 0.25) is 0 Å². The van der Waals surface area contributed by atoms with Crippen LogP contribution < -0.4 is 21.5 Å². The van der Waals surface area contributed by atoms with Crippen LogP contribution in [0.25, 0.3) is 5.57 Å². The summed E-state index contributed by atoms with van der Waals surface area (Å²) in [4.78, 5) is 4.19. The Morgan fingerprint density at radius 2 is 2.00 bits per heavy atom. The first-order valence-corrected chi connectivity index (χ1v) is 7.00. The summed E-state index contributed by atoms with van der Waals surface area (Å²) in [7, 11) is 5.33. The van der Waals surface area contributed by atoms with E-state index < -0.39 is 0 Å². The van der Waals surface area contributed by atoms with Gasteiger partial charge < -0.3 is 16.1 Å². The zero-order valence-electron chi connectivity index (χ0n) is 12.4. The van der Waals surface area contributed by atoms with Crippen LogP contribution in [0.1, 0.15) is 12.6 Å². The molecule has 0 spiro atoms. The monoisotopic (exact) mass is 325 g/mol. The first kappa shape index (κ1) is 17.1. The quantitative estimate of drug-likeness (QED) is 0.361. The second kappa shape index (κ2) is 8.32. The van der Waals surface area contributed by atoms with Crippen molar-refractivity contribution < 1.29 is 0 Å². The van der Waals surface area contributed by atoms with Crippen molar-refractivity contribution in [3.63, 3.8) is 0 Å². The van der Waals surface area contributed by atoms with Gasteiger partial charge in [-0.25, -0.2) is 4.99 Å². The summed E-state index contributed by atoms with van der Waals surface area (Å²) in [5.41, 5.74) is 8.47. The van der Waals surface area contributed by atoms with Gasteiger partial charge in [0.15, 0.2) is 10.2 Å². The van der Waals surface area contributed by atoms with Crippen LogP contribution in [-0.2, 0) is 7.05 Å². The number of hydrogen-bond donors (Lipinski definition) is 4. The Labute approximate surface area is 134 Å². The van der Waals surface area contributed by atoms with Crippen LogP contribution >= 0.6 is 24.4 Å². The van der Waals surface area contributed by atoms with Gasteiger partial charge in [0.05, 0.1) is 5.69 Å². The van der Waals surface area contributed by atoms with E-state index in [2.05, 4.69) is 31.6 Å². The molecule has 0 amide bonds. The molecule has 0 aliphatic rings. The molecule has 0 atom stereocenters. The molecule has 0 aliphatic heterocycles. The minimum atomic E-state index is 0.404. The van der Waals surface area contributed by atoms with Crippen molar-refractivity contribution in [2.45, 2.75) is 6.92 Å². The molecule has 0 aromatic carbocycles. The number of thiocarbonyl (C=S) groups is 2. The van der Waals surface area contributed by atoms with Crippen LogP contribution in [0.4, 0.5) is 0 Å². The number of rotatable bonds is 4. The Kier molecular flexibility index (Phi) is 6.76. The zero-order valence-corrected chi connectivity index (χ0v) is 14.0. The maximum atomic E-state index is 5.03. The van der Waals surface area contributed by atoms with Crippen molar-refractivity contribution in [1.29, 1.82) is 0 Å². The number of aromatic nitrogens is 2. The number of aryl methyl sites for hydroxylation is 1. The lowest BCUT2D eigenvalue weighted by atomic mass is 10.1. The summed E-state index contributed by atoms with van der Waals surface area (Å²) < 4.78 is 1.76. The Hall–Kier alpha value is -2.00. The molecule has 0 radical (unpaired) electrons. The van der Waals surface area contributed by atoms with Gasteiger partial charge in [-0.3, -0.25) is 10.1 Å². The first-order chi connectivity index (χ1) is 9.99. The predicted octanol–water partition coefficient (Wildman–Crippen LogP) is 0.325. The molecule has 114 valence electrons. The van der Waals surface area contributed by atoms with Gasteiger partial charge in [0.1, 0.15) is 0 Å². The van der Waals surface area contributed by atoms with Gasteiger partial charge in [-0.2, -0.15) is 5.10 Å². The van der Waals surface area contributed by atoms with E-state index in [-0.39, 0.29) is 0 Å². The van der Waals surface area contributed by atoms with Gasteiger partial charge in [0, 0.05) is 44.8 Å². The molecule has 0 aliphatic carbocycles.